The summed E-state index contributed by atoms with van der Waals surface area (Å²) < 4.78 is 5.27. The molecule has 1 aromatic rings. The van der Waals surface area contributed by atoms with Crippen LogP contribution < -0.4 is 15.0 Å². The van der Waals surface area contributed by atoms with Crippen LogP contribution >= 0.6 is 11.6 Å². The van der Waals surface area contributed by atoms with Crippen molar-refractivity contribution < 1.29 is 4.74 Å². The summed E-state index contributed by atoms with van der Waals surface area (Å²) in [5, 5.41) is 3.82. The number of pyridine rings is 1. The third-order valence-corrected chi connectivity index (χ3v) is 3.02. The maximum absolute atomic E-state index is 5.85. The summed E-state index contributed by atoms with van der Waals surface area (Å²) in [5.41, 5.74) is 1.01. The molecule has 16 heavy (non-hydrogen) atoms. The highest BCUT2D eigenvalue weighted by atomic mass is 35.5. The maximum Gasteiger partial charge on any atom is 0.238 e. The minimum absolute atomic E-state index is 0.436. The van der Waals surface area contributed by atoms with Crippen molar-refractivity contribution in [2.75, 3.05) is 31.6 Å². The van der Waals surface area contributed by atoms with Crippen LogP contribution in [0, 0.1) is 0 Å². The third kappa shape index (κ3) is 2.23. The molecule has 2 rings (SSSR count). The Morgan fingerprint density at radius 3 is 3.06 bits per heavy atom. The van der Waals surface area contributed by atoms with Gasteiger partial charge in [-0.25, -0.2) is 0 Å². The summed E-state index contributed by atoms with van der Waals surface area (Å²) in [6.07, 6.45) is 0. The molecule has 2 heterocycles. The highest BCUT2D eigenvalue weighted by Crippen LogP contribution is 2.29. The van der Waals surface area contributed by atoms with Gasteiger partial charge < -0.3 is 15.0 Å². The average molecular weight is 242 g/mol. The van der Waals surface area contributed by atoms with Gasteiger partial charge >= 0.3 is 0 Å². The molecule has 1 saturated heterocycles. The van der Waals surface area contributed by atoms with E-state index in [4.69, 9.17) is 16.3 Å². The number of nitrogens with one attached hydrogen (secondary N) is 1. The molecular formula is C11H16ClN3O. The van der Waals surface area contributed by atoms with Crippen LogP contribution in [-0.2, 0) is 0 Å². The van der Waals surface area contributed by atoms with Crippen molar-refractivity contribution in [3.05, 3.63) is 17.3 Å². The SMILES string of the molecule is COc1nc(Cl)ccc1N1CCNC[C@@H]1C. The molecule has 5 heteroatoms. The molecule has 1 aromatic heterocycles. The monoisotopic (exact) mass is 241 g/mol. The van der Waals surface area contributed by atoms with E-state index in [-0.39, 0.29) is 0 Å². The summed E-state index contributed by atoms with van der Waals surface area (Å²) in [5.74, 6) is 0.598. The van der Waals surface area contributed by atoms with Crippen LogP contribution in [0.25, 0.3) is 0 Å². The lowest BCUT2D eigenvalue weighted by Crippen LogP contribution is -2.50. The van der Waals surface area contributed by atoms with Crippen LogP contribution in [0.5, 0.6) is 5.88 Å². The van der Waals surface area contributed by atoms with E-state index in [0.717, 1.165) is 25.3 Å². The Labute approximate surface area is 101 Å². The number of aromatic nitrogens is 1. The zero-order chi connectivity index (χ0) is 11.5. The van der Waals surface area contributed by atoms with Crippen LogP contribution in [0.1, 0.15) is 6.92 Å². The molecule has 1 N–H and O–H groups in total. The van der Waals surface area contributed by atoms with E-state index in [1.807, 2.05) is 6.07 Å². The van der Waals surface area contributed by atoms with E-state index in [1.165, 1.54) is 0 Å². The number of ether oxygens (including phenoxy) is 1. The number of hydrogen-bond acceptors (Lipinski definition) is 4. The molecule has 0 bridgehead atoms. The fraction of sp³-hybridized carbons (Fsp3) is 0.545. The molecule has 0 spiro atoms. The van der Waals surface area contributed by atoms with Gasteiger partial charge in [0.1, 0.15) is 10.8 Å². The number of rotatable bonds is 2. The minimum atomic E-state index is 0.436. The van der Waals surface area contributed by atoms with E-state index < -0.39 is 0 Å². The highest BCUT2D eigenvalue weighted by molar-refractivity contribution is 6.29. The Kier molecular flexibility index (Phi) is 3.51. The first-order valence-electron chi connectivity index (χ1n) is 5.40. The van der Waals surface area contributed by atoms with Crippen molar-refractivity contribution in [2.45, 2.75) is 13.0 Å². The molecule has 0 radical (unpaired) electrons. The van der Waals surface area contributed by atoms with Gasteiger partial charge in [-0.2, -0.15) is 4.98 Å². The number of methoxy groups -OCH3 is 1. The van der Waals surface area contributed by atoms with Gasteiger partial charge in [-0.15, -0.1) is 0 Å². The first-order chi connectivity index (χ1) is 7.72. The Bertz CT molecular complexity index is 372. The van der Waals surface area contributed by atoms with Gasteiger partial charge in [0.05, 0.1) is 7.11 Å². The third-order valence-electron chi connectivity index (χ3n) is 2.81. The smallest absolute Gasteiger partial charge is 0.238 e. The number of piperazine rings is 1. The first-order valence-corrected chi connectivity index (χ1v) is 5.78. The van der Waals surface area contributed by atoms with Crippen molar-refractivity contribution >= 4 is 17.3 Å². The summed E-state index contributed by atoms with van der Waals surface area (Å²) >= 11 is 5.85. The number of halogens is 1. The predicted octanol–water partition coefficient (Wildman–Crippen LogP) is 1.54. The van der Waals surface area contributed by atoms with Crippen molar-refractivity contribution in [3.63, 3.8) is 0 Å². The van der Waals surface area contributed by atoms with Gasteiger partial charge in [-0.3, -0.25) is 0 Å². The lowest BCUT2D eigenvalue weighted by Gasteiger charge is -2.36. The second-order valence-electron chi connectivity index (χ2n) is 3.91. The second kappa shape index (κ2) is 4.89. The van der Waals surface area contributed by atoms with E-state index in [0.29, 0.717) is 17.1 Å². The standard InChI is InChI=1S/C11H16ClN3O/c1-8-7-13-5-6-15(8)9-3-4-10(12)14-11(9)16-2/h3-4,8,13H,5-7H2,1-2H3/t8-/m0/s1. The van der Waals surface area contributed by atoms with E-state index in [9.17, 15) is 0 Å². The number of anilines is 1. The van der Waals surface area contributed by atoms with Crippen LogP contribution in [0.2, 0.25) is 5.15 Å². The summed E-state index contributed by atoms with van der Waals surface area (Å²) in [6, 6.07) is 4.20. The highest BCUT2D eigenvalue weighted by Gasteiger charge is 2.21. The van der Waals surface area contributed by atoms with Gasteiger partial charge in [0.2, 0.25) is 5.88 Å². The van der Waals surface area contributed by atoms with Crippen molar-refractivity contribution in [2.24, 2.45) is 0 Å². The molecule has 1 aliphatic rings. The molecule has 1 atom stereocenters. The zero-order valence-electron chi connectivity index (χ0n) is 9.53. The van der Waals surface area contributed by atoms with E-state index in [1.54, 1.807) is 13.2 Å². The molecule has 4 nitrogen and oxygen atoms in total. The predicted molar refractivity (Wildman–Crippen MR) is 65.5 cm³/mol. The fourth-order valence-electron chi connectivity index (χ4n) is 1.98. The van der Waals surface area contributed by atoms with Gasteiger partial charge in [0.15, 0.2) is 0 Å². The van der Waals surface area contributed by atoms with Gasteiger partial charge in [-0.1, -0.05) is 11.6 Å². The second-order valence-corrected chi connectivity index (χ2v) is 4.30. The molecular weight excluding hydrogens is 226 g/mol. The quantitative estimate of drug-likeness (QED) is 0.798. The Hall–Kier alpha value is -1.00. The Morgan fingerprint density at radius 1 is 1.56 bits per heavy atom. The number of hydrogen-bond donors (Lipinski definition) is 1. The molecule has 0 amide bonds. The van der Waals surface area contributed by atoms with Crippen LogP contribution in [0.3, 0.4) is 0 Å². The van der Waals surface area contributed by atoms with Crippen molar-refractivity contribution in [3.8, 4) is 5.88 Å². The normalized spacial score (nSPS) is 20.9. The van der Waals surface area contributed by atoms with Crippen LogP contribution in [-0.4, -0.2) is 37.8 Å². The molecule has 0 aromatic carbocycles. The molecule has 0 unspecified atom stereocenters. The summed E-state index contributed by atoms with van der Waals surface area (Å²) in [6.45, 7) is 5.10. The Balaban J connectivity index is 2.30. The lowest BCUT2D eigenvalue weighted by atomic mass is 10.2. The van der Waals surface area contributed by atoms with E-state index in [2.05, 4.69) is 22.1 Å². The lowest BCUT2D eigenvalue weighted by molar-refractivity contribution is 0.393. The molecule has 0 aliphatic carbocycles. The van der Waals surface area contributed by atoms with E-state index >= 15 is 0 Å². The Morgan fingerprint density at radius 2 is 2.38 bits per heavy atom. The zero-order valence-corrected chi connectivity index (χ0v) is 10.3. The first kappa shape index (κ1) is 11.5. The van der Waals surface area contributed by atoms with Crippen LogP contribution in [0.4, 0.5) is 5.69 Å². The molecule has 1 aliphatic heterocycles. The van der Waals surface area contributed by atoms with Crippen molar-refractivity contribution in [1.29, 1.82) is 0 Å². The van der Waals surface area contributed by atoms with Gasteiger partial charge in [-0.05, 0) is 19.1 Å². The largest absolute Gasteiger partial charge is 0.479 e. The maximum atomic E-state index is 5.85. The topological polar surface area (TPSA) is 37.4 Å². The van der Waals surface area contributed by atoms with Gasteiger partial charge in [0.25, 0.3) is 0 Å². The van der Waals surface area contributed by atoms with Crippen LogP contribution in [0.15, 0.2) is 12.1 Å². The molecule has 88 valence electrons. The number of nitrogens with zero attached hydrogens (tertiary/aromatic N) is 2. The summed E-state index contributed by atoms with van der Waals surface area (Å²) in [4.78, 5) is 6.47. The fourth-order valence-corrected chi connectivity index (χ4v) is 2.12. The molecule has 1 fully saturated rings. The molecule has 0 saturated carbocycles. The van der Waals surface area contributed by atoms with Crippen molar-refractivity contribution in [1.82, 2.24) is 10.3 Å². The van der Waals surface area contributed by atoms with Gasteiger partial charge in [0, 0.05) is 25.7 Å². The summed E-state index contributed by atoms with van der Waals surface area (Å²) in [7, 11) is 1.62. The average Bonchev–Trinajstić information content (AvgIpc) is 2.30. The minimum Gasteiger partial charge on any atom is -0.479 e.